The zero-order chi connectivity index (χ0) is 17.9. The quantitative estimate of drug-likeness (QED) is 0.519. The summed E-state index contributed by atoms with van der Waals surface area (Å²) in [5.41, 5.74) is 1.80. The van der Waals surface area contributed by atoms with Crippen molar-refractivity contribution in [2.45, 2.75) is 6.42 Å². The highest BCUT2D eigenvalue weighted by atomic mass is 16.5. The van der Waals surface area contributed by atoms with Crippen LogP contribution in [0.2, 0.25) is 0 Å². The molecule has 1 N–H and O–H groups in total. The Morgan fingerprint density at radius 2 is 1.50 bits per heavy atom. The number of hydrogen-bond acceptors (Lipinski definition) is 2. The number of nitrogens with one attached hydrogen (secondary N) is 1. The molecule has 3 heteroatoms. The first-order chi connectivity index (χ1) is 12.7. The third-order valence-electron chi connectivity index (χ3n) is 4.58. The van der Waals surface area contributed by atoms with E-state index in [1.807, 2.05) is 48.5 Å². The lowest BCUT2D eigenvalue weighted by Crippen LogP contribution is -2.14. The van der Waals surface area contributed by atoms with E-state index in [0.29, 0.717) is 6.42 Å². The summed E-state index contributed by atoms with van der Waals surface area (Å²) in [5.74, 6) is 0.735. The lowest BCUT2D eigenvalue weighted by Gasteiger charge is -2.11. The number of ether oxygens (including phenoxy) is 1. The van der Waals surface area contributed by atoms with E-state index >= 15 is 0 Å². The summed E-state index contributed by atoms with van der Waals surface area (Å²) in [6, 6.07) is 26.0. The van der Waals surface area contributed by atoms with Crippen molar-refractivity contribution in [3.8, 4) is 5.75 Å². The largest absolute Gasteiger partial charge is 0.497 e. The topological polar surface area (TPSA) is 38.3 Å². The lowest BCUT2D eigenvalue weighted by atomic mass is 9.95. The molecule has 0 aliphatic heterocycles. The van der Waals surface area contributed by atoms with Crippen LogP contribution in [0.5, 0.6) is 5.75 Å². The van der Waals surface area contributed by atoms with E-state index in [4.69, 9.17) is 4.74 Å². The van der Waals surface area contributed by atoms with Gasteiger partial charge in [0.15, 0.2) is 0 Å². The van der Waals surface area contributed by atoms with Crippen molar-refractivity contribution in [1.82, 2.24) is 0 Å². The number of anilines is 1. The van der Waals surface area contributed by atoms with Crippen molar-refractivity contribution in [1.29, 1.82) is 0 Å². The van der Waals surface area contributed by atoms with Crippen molar-refractivity contribution in [2.24, 2.45) is 0 Å². The van der Waals surface area contributed by atoms with Gasteiger partial charge in [0.1, 0.15) is 5.75 Å². The fourth-order valence-electron chi connectivity index (χ4n) is 3.33. The molecular formula is C23H19NO2. The minimum Gasteiger partial charge on any atom is -0.497 e. The summed E-state index contributed by atoms with van der Waals surface area (Å²) in [7, 11) is 1.62. The van der Waals surface area contributed by atoms with Crippen molar-refractivity contribution in [3.05, 3.63) is 84.4 Å². The second-order valence-electron chi connectivity index (χ2n) is 6.26. The number of fused-ring (bicyclic) bond motifs is 3. The van der Waals surface area contributed by atoms with Gasteiger partial charge >= 0.3 is 0 Å². The predicted molar refractivity (Wildman–Crippen MR) is 107 cm³/mol. The van der Waals surface area contributed by atoms with Crippen LogP contribution in [0.15, 0.2) is 78.9 Å². The van der Waals surface area contributed by atoms with Crippen LogP contribution in [0, 0.1) is 0 Å². The third-order valence-corrected chi connectivity index (χ3v) is 4.58. The molecule has 0 heterocycles. The van der Waals surface area contributed by atoms with Gasteiger partial charge in [-0.2, -0.15) is 0 Å². The summed E-state index contributed by atoms with van der Waals surface area (Å²) in [4.78, 5) is 12.6. The Hall–Kier alpha value is -3.33. The van der Waals surface area contributed by atoms with Crippen molar-refractivity contribution in [2.75, 3.05) is 12.4 Å². The number of carbonyl (C=O) groups excluding carboxylic acids is 1. The molecule has 0 spiro atoms. The zero-order valence-electron chi connectivity index (χ0n) is 14.5. The maximum Gasteiger partial charge on any atom is 0.228 e. The molecule has 0 radical (unpaired) electrons. The van der Waals surface area contributed by atoms with Crippen LogP contribution in [-0.2, 0) is 11.2 Å². The van der Waals surface area contributed by atoms with Crippen LogP contribution >= 0.6 is 0 Å². The Kier molecular flexibility index (Phi) is 4.28. The molecule has 26 heavy (non-hydrogen) atoms. The van der Waals surface area contributed by atoms with Crippen molar-refractivity contribution in [3.63, 3.8) is 0 Å². The number of benzene rings is 4. The molecule has 0 unspecified atom stereocenters. The van der Waals surface area contributed by atoms with E-state index in [1.165, 1.54) is 10.8 Å². The molecule has 0 aliphatic rings. The molecule has 4 aromatic carbocycles. The fraction of sp³-hybridized carbons (Fsp3) is 0.0870. The maximum absolute atomic E-state index is 12.6. The number of amides is 1. The molecule has 128 valence electrons. The van der Waals surface area contributed by atoms with Gasteiger partial charge in [-0.1, -0.05) is 48.5 Å². The smallest absolute Gasteiger partial charge is 0.228 e. The summed E-state index contributed by atoms with van der Waals surface area (Å²) in [5, 5.41) is 7.62. The molecule has 0 aromatic heterocycles. The summed E-state index contributed by atoms with van der Waals surface area (Å²) >= 11 is 0. The third kappa shape index (κ3) is 3.11. The number of rotatable bonds is 4. The molecule has 0 saturated carbocycles. The van der Waals surface area contributed by atoms with Crippen LogP contribution < -0.4 is 10.1 Å². The first kappa shape index (κ1) is 16.2. The molecule has 3 nitrogen and oxygen atoms in total. The number of carbonyl (C=O) groups is 1. The van der Waals surface area contributed by atoms with E-state index in [9.17, 15) is 4.79 Å². The summed E-state index contributed by atoms with van der Waals surface area (Å²) in [6.07, 6.45) is 0.331. The van der Waals surface area contributed by atoms with Gasteiger partial charge in [0.25, 0.3) is 0 Å². The second kappa shape index (κ2) is 6.89. The lowest BCUT2D eigenvalue weighted by molar-refractivity contribution is -0.115. The minimum atomic E-state index is -0.0319. The Morgan fingerprint density at radius 1 is 0.846 bits per heavy atom. The number of methoxy groups -OCH3 is 1. The van der Waals surface area contributed by atoms with Crippen LogP contribution in [0.25, 0.3) is 21.5 Å². The normalized spacial score (nSPS) is 10.8. The van der Waals surface area contributed by atoms with Gasteiger partial charge in [0.2, 0.25) is 5.91 Å². The van der Waals surface area contributed by atoms with Gasteiger partial charge in [-0.3, -0.25) is 4.79 Å². The zero-order valence-corrected chi connectivity index (χ0v) is 14.5. The van der Waals surface area contributed by atoms with E-state index in [2.05, 4.69) is 35.6 Å². The summed E-state index contributed by atoms with van der Waals surface area (Å²) < 4.78 is 5.15. The van der Waals surface area contributed by atoms with Gasteiger partial charge in [-0.25, -0.2) is 0 Å². The van der Waals surface area contributed by atoms with Gasteiger partial charge in [0, 0.05) is 5.69 Å². The predicted octanol–water partition coefficient (Wildman–Crippen LogP) is 5.18. The first-order valence-corrected chi connectivity index (χ1v) is 8.58. The monoisotopic (exact) mass is 341 g/mol. The van der Waals surface area contributed by atoms with Crippen LogP contribution in [-0.4, -0.2) is 13.0 Å². The fourth-order valence-corrected chi connectivity index (χ4v) is 3.33. The van der Waals surface area contributed by atoms with Gasteiger partial charge in [-0.05, 0) is 57.4 Å². The van der Waals surface area contributed by atoms with E-state index < -0.39 is 0 Å². The highest BCUT2D eigenvalue weighted by Crippen LogP contribution is 2.29. The minimum absolute atomic E-state index is 0.0319. The molecule has 0 aliphatic carbocycles. The van der Waals surface area contributed by atoms with Crippen molar-refractivity contribution >= 4 is 33.1 Å². The molecule has 4 aromatic rings. The Bertz CT molecular complexity index is 1080. The highest BCUT2D eigenvalue weighted by Gasteiger charge is 2.10. The van der Waals surface area contributed by atoms with Crippen LogP contribution in [0.4, 0.5) is 5.69 Å². The molecule has 1 amide bonds. The van der Waals surface area contributed by atoms with E-state index in [-0.39, 0.29) is 5.91 Å². The average molecular weight is 341 g/mol. The Morgan fingerprint density at radius 3 is 2.23 bits per heavy atom. The van der Waals surface area contributed by atoms with Crippen LogP contribution in [0.3, 0.4) is 0 Å². The molecular weight excluding hydrogens is 322 g/mol. The molecule has 4 rings (SSSR count). The van der Waals surface area contributed by atoms with Gasteiger partial charge < -0.3 is 10.1 Å². The maximum atomic E-state index is 12.6. The highest BCUT2D eigenvalue weighted by molar-refractivity contribution is 6.10. The van der Waals surface area contributed by atoms with Crippen LogP contribution in [0.1, 0.15) is 5.56 Å². The first-order valence-electron chi connectivity index (χ1n) is 8.58. The van der Waals surface area contributed by atoms with Gasteiger partial charge in [-0.15, -0.1) is 0 Å². The number of hydrogen-bond donors (Lipinski definition) is 1. The Labute approximate surface area is 152 Å². The molecule has 0 atom stereocenters. The van der Waals surface area contributed by atoms with E-state index in [0.717, 1.165) is 27.8 Å². The SMILES string of the molecule is COc1ccc(NC(=O)Cc2cc3ccccc3c3ccccc23)cc1. The van der Waals surface area contributed by atoms with Gasteiger partial charge in [0.05, 0.1) is 13.5 Å². The molecule has 0 bridgehead atoms. The standard InChI is InChI=1S/C23H19NO2/c1-26-19-12-10-18(11-13-19)24-23(25)15-17-14-16-6-2-3-7-20(16)22-9-5-4-8-21(17)22/h2-14H,15H2,1H3,(H,24,25). The average Bonchev–Trinajstić information content (AvgIpc) is 2.69. The summed E-state index contributed by atoms with van der Waals surface area (Å²) in [6.45, 7) is 0. The molecule has 0 fully saturated rings. The molecule has 0 saturated heterocycles. The second-order valence-corrected chi connectivity index (χ2v) is 6.26. The van der Waals surface area contributed by atoms with E-state index in [1.54, 1.807) is 7.11 Å². The van der Waals surface area contributed by atoms with Crippen molar-refractivity contribution < 1.29 is 9.53 Å². The Balaban J connectivity index is 1.66.